The molecule has 16 nitrogen and oxygen atoms in total. The van der Waals surface area contributed by atoms with E-state index in [0.29, 0.717) is 25.9 Å². The van der Waals surface area contributed by atoms with E-state index in [1.165, 1.54) is 6.92 Å². The van der Waals surface area contributed by atoms with Crippen molar-refractivity contribution in [3.05, 3.63) is 0 Å². The Labute approximate surface area is 240 Å². The fourth-order valence-electron chi connectivity index (χ4n) is 5.68. The molecule has 0 spiro atoms. The van der Waals surface area contributed by atoms with E-state index in [1.54, 1.807) is 7.05 Å². The molecule has 3 fully saturated rings. The predicted molar refractivity (Wildman–Crippen MR) is 145 cm³/mol. The van der Waals surface area contributed by atoms with Crippen molar-refractivity contribution in [2.45, 2.75) is 112 Å². The van der Waals surface area contributed by atoms with E-state index in [4.69, 9.17) is 41.3 Å². The second-order valence-corrected chi connectivity index (χ2v) is 11.4. The zero-order chi connectivity index (χ0) is 30.3. The average Bonchev–Trinajstić information content (AvgIpc) is 2.91. The first-order chi connectivity index (χ1) is 19.4. The molecule has 0 aromatic heterocycles. The van der Waals surface area contributed by atoms with Crippen molar-refractivity contribution in [2.24, 2.45) is 17.2 Å². The van der Waals surface area contributed by atoms with E-state index < -0.39 is 78.8 Å². The molecule has 3 aliphatic rings. The maximum Gasteiger partial charge on any atom is 0.249 e. The summed E-state index contributed by atoms with van der Waals surface area (Å²) in [6, 6.07) is -3.01. The number of carbonyl (C=O) groups excluding carboxylic acids is 1. The molecular weight excluding hydrogens is 544 g/mol. The van der Waals surface area contributed by atoms with Gasteiger partial charge >= 0.3 is 0 Å². The maximum absolute atomic E-state index is 12.7. The first-order valence-electron chi connectivity index (χ1n) is 14.3. The fourth-order valence-corrected chi connectivity index (χ4v) is 5.68. The molecule has 41 heavy (non-hydrogen) atoms. The number of aliphatic hydroxyl groups excluding tert-OH is 4. The Morgan fingerprint density at radius 3 is 2.49 bits per heavy atom. The van der Waals surface area contributed by atoms with Crippen molar-refractivity contribution >= 4 is 5.91 Å². The minimum absolute atomic E-state index is 0.0103. The van der Waals surface area contributed by atoms with E-state index in [9.17, 15) is 25.2 Å². The van der Waals surface area contributed by atoms with Crippen LogP contribution in [0.15, 0.2) is 0 Å². The molecule has 0 unspecified atom stereocenters. The number of nitrogens with two attached hydrogens (primary N) is 3. The predicted octanol–water partition coefficient (Wildman–Crippen LogP) is -5.49. The van der Waals surface area contributed by atoms with Gasteiger partial charge in [-0.05, 0) is 46.2 Å². The lowest BCUT2D eigenvalue weighted by atomic mass is 9.83. The molecule has 0 radical (unpaired) electrons. The number of rotatable bonds is 13. The summed E-state index contributed by atoms with van der Waals surface area (Å²) in [7, 11) is 1.57. The molecule has 1 saturated carbocycles. The molecule has 240 valence electrons. The van der Waals surface area contributed by atoms with E-state index >= 15 is 0 Å². The number of amides is 1. The van der Waals surface area contributed by atoms with Gasteiger partial charge in [-0.2, -0.15) is 0 Å². The Morgan fingerprint density at radius 1 is 1.12 bits per heavy atom. The van der Waals surface area contributed by atoms with Gasteiger partial charge in [0.25, 0.3) is 0 Å². The monoisotopic (exact) mass is 594 g/mol. The summed E-state index contributed by atoms with van der Waals surface area (Å²) in [5.74, 6) is -0.718. The smallest absolute Gasteiger partial charge is 0.249 e. The first-order valence-corrected chi connectivity index (χ1v) is 14.3. The number of carbonyl (C=O) groups is 1. The third-order valence-electron chi connectivity index (χ3n) is 7.97. The van der Waals surface area contributed by atoms with Crippen molar-refractivity contribution in [1.82, 2.24) is 16.0 Å². The summed E-state index contributed by atoms with van der Waals surface area (Å²) in [6.45, 7) is 2.30. The Bertz CT molecular complexity index is 815. The second kappa shape index (κ2) is 15.6. The zero-order valence-corrected chi connectivity index (χ0v) is 23.8. The van der Waals surface area contributed by atoms with Crippen molar-refractivity contribution < 1.29 is 49.3 Å². The lowest BCUT2D eigenvalue weighted by Gasteiger charge is -2.49. The number of aliphatic hydroxyl groups is 5. The molecule has 14 N–H and O–H groups in total. The van der Waals surface area contributed by atoms with Crippen LogP contribution in [0.25, 0.3) is 0 Å². The van der Waals surface area contributed by atoms with Crippen LogP contribution in [-0.2, 0) is 23.7 Å². The van der Waals surface area contributed by atoms with Crippen molar-refractivity contribution in [2.75, 3.05) is 39.9 Å². The molecule has 0 bridgehead atoms. The van der Waals surface area contributed by atoms with Crippen LogP contribution in [0.1, 0.15) is 32.6 Å². The minimum atomic E-state index is -1.44. The third-order valence-corrected chi connectivity index (χ3v) is 7.97. The van der Waals surface area contributed by atoms with Crippen LogP contribution in [-0.4, -0.2) is 150 Å². The summed E-state index contributed by atoms with van der Waals surface area (Å²) < 4.78 is 23.9. The lowest BCUT2D eigenvalue weighted by molar-refractivity contribution is -0.307. The van der Waals surface area contributed by atoms with Crippen LogP contribution in [0.4, 0.5) is 0 Å². The van der Waals surface area contributed by atoms with Gasteiger partial charge in [0.15, 0.2) is 12.6 Å². The van der Waals surface area contributed by atoms with Crippen molar-refractivity contribution in [1.29, 1.82) is 0 Å². The van der Waals surface area contributed by atoms with Crippen LogP contribution >= 0.6 is 0 Å². The number of likely N-dealkylation sites (N-methyl/N-ethyl adjacent to an activating group) is 1. The number of hydrogen-bond acceptors (Lipinski definition) is 15. The number of ether oxygens (including phenoxy) is 4. The third kappa shape index (κ3) is 8.73. The molecule has 3 rings (SSSR count). The minimum Gasteiger partial charge on any atom is -0.395 e. The van der Waals surface area contributed by atoms with Gasteiger partial charge in [-0.15, -0.1) is 0 Å². The van der Waals surface area contributed by atoms with Crippen LogP contribution in [0.3, 0.4) is 0 Å². The SMILES string of the molecule is CN[C@@H]1[C@@H](O)[C@@H](O[C@@H]2[C@@H](O)[C@H](O[C@H]3O[C@H](CNCCO)CC[C@H]3N)[C@@H](N)C[C@H]2NC(=O)[C@@H](O)CCN)OC[C@]1(C)O. The molecule has 1 amide bonds. The quantitative estimate of drug-likeness (QED) is 0.0888. The molecule has 2 aliphatic heterocycles. The highest BCUT2D eigenvalue weighted by molar-refractivity contribution is 5.80. The molecule has 16 heteroatoms. The molecular formula is C25H50N6O10. The van der Waals surface area contributed by atoms with E-state index in [-0.39, 0.29) is 38.7 Å². The maximum atomic E-state index is 12.7. The molecule has 13 atom stereocenters. The highest BCUT2D eigenvalue weighted by Gasteiger charge is 2.52. The summed E-state index contributed by atoms with van der Waals surface area (Å²) in [4.78, 5) is 12.7. The summed E-state index contributed by atoms with van der Waals surface area (Å²) >= 11 is 0. The summed E-state index contributed by atoms with van der Waals surface area (Å²) in [6.07, 6.45) is -7.43. The number of hydrogen-bond donors (Lipinski definition) is 11. The van der Waals surface area contributed by atoms with Crippen LogP contribution in [0.2, 0.25) is 0 Å². The van der Waals surface area contributed by atoms with Gasteiger partial charge in [0.1, 0.15) is 36.1 Å². The molecule has 2 heterocycles. The van der Waals surface area contributed by atoms with E-state index in [1.807, 2.05) is 0 Å². The molecule has 0 aromatic rings. The van der Waals surface area contributed by atoms with Gasteiger partial charge < -0.3 is 77.6 Å². The highest BCUT2D eigenvalue weighted by atomic mass is 16.7. The topological polar surface area (TPSA) is 269 Å². The molecule has 1 aliphatic carbocycles. The lowest BCUT2D eigenvalue weighted by Crippen LogP contribution is -2.69. The van der Waals surface area contributed by atoms with Gasteiger partial charge in [-0.25, -0.2) is 0 Å². The second-order valence-electron chi connectivity index (χ2n) is 11.4. The first kappa shape index (κ1) is 34.4. The standard InChI is InChI=1S/C25H50N6O10/c1-25(37)11-38-24(18(35)21(25)29-2)41-20-15(31-22(36)16(33)5-6-26)9-14(28)19(17(20)34)40-23-13(27)4-3-12(39-23)10-30-7-8-32/h12-21,23-24,29-30,32-35,37H,3-11,26-28H2,1-2H3,(H,31,36)/t12-,13+,14-,15+,16-,17-,18+,19+,20-,21+,23+,24+,25-/m0/s1. The van der Waals surface area contributed by atoms with Gasteiger partial charge in [0, 0.05) is 19.1 Å². The highest BCUT2D eigenvalue weighted by Crippen LogP contribution is 2.32. The van der Waals surface area contributed by atoms with Gasteiger partial charge in [-0.1, -0.05) is 0 Å². The van der Waals surface area contributed by atoms with E-state index in [0.717, 1.165) is 0 Å². The van der Waals surface area contributed by atoms with Gasteiger partial charge in [0.05, 0.1) is 37.4 Å². The Morgan fingerprint density at radius 2 is 1.83 bits per heavy atom. The Kier molecular flexibility index (Phi) is 13.1. The number of nitrogens with one attached hydrogen (secondary N) is 3. The van der Waals surface area contributed by atoms with Crippen LogP contribution in [0.5, 0.6) is 0 Å². The van der Waals surface area contributed by atoms with Gasteiger partial charge in [0.2, 0.25) is 5.91 Å². The largest absolute Gasteiger partial charge is 0.395 e. The molecule has 0 aromatic carbocycles. The van der Waals surface area contributed by atoms with Crippen LogP contribution in [0, 0.1) is 0 Å². The van der Waals surface area contributed by atoms with E-state index in [2.05, 4.69) is 16.0 Å². The molecule has 2 saturated heterocycles. The zero-order valence-electron chi connectivity index (χ0n) is 23.8. The average molecular weight is 595 g/mol. The van der Waals surface area contributed by atoms with Gasteiger partial charge in [-0.3, -0.25) is 4.79 Å². The summed E-state index contributed by atoms with van der Waals surface area (Å²) in [5, 5.41) is 60.9. The normalized spacial score (nSPS) is 42.5. The fraction of sp³-hybridized carbons (Fsp3) is 0.960. The van der Waals surface area contributed by atoms with Crippen LogP contribution < -0.4 is 33.2 Å². The summed E-state index contributed by atoms with van der Waals surface area (Å²) in [5.41, 5.74) is 16.8. The van der Waals surface area contributed by atoms with Crippen molar-refractivity contribution in [3.8, 4) is 0 Å². The van der Waals surface area contributed by atoms with Crippen molar-refractivity contribution in [3.63, 3.8) is 0 Å². The Balaban J connectivity index is 1.78. The Hall–Kier alpha value is -1.09.